The number of carbonyl (C=O) groups is 1. The molecule has 0 unspecified atom stereocenters. The van der Waals surface area contributed by atoms with Gasteiger partial charge in [0.1, 0.15) is 17.0 Å². The molecule has 0 aliphatic carbocycles. The number of hydrogen-bond acceptors (Lipinski definition) is 9. The molecule has 36 heavy (non-hydrogen) atoms. The summed E-state index contributed by atoms with van der Waals surface area (Å²) in [6, 6.07) is 4.78. The van der Waals surface area contributed by atoms with Crippen molar-refractivity contribution in [2.45, 2.75) is 38.8 Å². The molecule has 12 heteroatoms. The summed E-state index contributed by atoms with van der Waals surface area (Å²) in [6.07, 6.45) is -0.635. The van der Waals surface area contributed by atoms with Crippen molar-refractivity contribution in [3.63, 3.8) is 0 Å². The molecule has 2 aromatic rings. The van der Waals surface area contributed by atoms with Crippen molar-refractivity contribution in [3.05, 3.63) is 41.1 Å². The molecule has 0 bridgehead atoms. The molecule has 3 heterocycles. The molecule has 194 valence electrons. The lowest BCUT2D eigenvalue weighted by atomic mass is 9.81. The SMILES string of the molecule is CNc1ccc(F)c([C@]23CN(c4nc(C)c(F)c(OC)n4)C[C@H]2CSC(NC(=O)OC(C)(C)C)=N3)c1. The van der Waals surface area contributed by atoms with Gasteiger partial charge in [0.2, 0.25) is 11.8 Å². The summed E-state index contributed by atoms with van der Waals surface area (Å²) in [7, 11) is 3.10. The number of amidine groups is 1. The minimum absolute atomic E-state index is 0.145. The van der Waals surface area contributed by atoms with Crippen LogP contribution >= 0.6 is 11.8 Å². The van der Waals surface area contributed by atoms with Crippen LogP contribution in [0.1, 0.15) is 32.0 Å². The number of amides is 1. The Balaban J connectivity index is 1.78. The van der Waals surface area contributed by atoms with Crippen LogP contribution in [0.25, 0.3) is 0 Å². The molecule has 2 N–H and O–H groups in total. The molecule has 0 radical (unpaired) electrons. The van der Waals surface area contributed by atoms with E-state index in [2.05, 4.69) is 20.6 Å². The van der Waals surface area contributed by atoms with Crippen molar-refractivity contribution < 1.29 is 23.0 Å². The zero-order chi connectivity index (χ0) is 26.3. The second-order valence-corrected chi connectivity index (χ2v) is 10.7. The first-order valence-corrected chi connectivity index (χ1v) is 12.5. The average molecular weight is 521 g/mol. The minimum Gasteiger partial charge on any atom is -0.479 e. The van der Waals surface area contributed by atoms with Gasteiger partial charge in [-0.05, 0) is 45.9 Å². The Morgan fingerprint density at radius 2 is 2.03 bits per heavy atom. The van der Waals surface area contributed by atoms with Gasteiger partial charge >= 0.3 is 6.09 Å². The monoisotopic (exact) mass is 520 g/mol. The Labute approximate surface area is 213 Å². The number of nitrogens with zero attached hydrogens (tertiary/aromatic N) is 4. The topological polar surface area (TPSA) is 101 Å². The molecule has 1 amide bonds. The van der Waals surface area contributed by atoms with Crippen molar-refractivity contribution in [1.82, 2.24) is 15.3 Å². The van der Waals surface area contributed by atoms with Crippen LogP contribution in [0.2, 0.25) is 0 Å². The van der Waals surface area contributed by atoms with Crippen molar-refractivity contribution >= 4 is 34.7 Å². The fourth-order valence-corrected chi connectivity index (χ4v) is 5.52. The standard InChI is InChI=1S/C24H30F2N6O3S/c1-13-18(26)19(34-6)29-20(28-13)32-10-14-11-36-21(30-22(33)35-23(2,3)4)31-24(14,12-32)16-9-15(27-5)7-8-17(16)25/h7-9,14,27H,10-12H2,1-6H3,(H,30,31,33)/t14-,24-/m0/s1. The number of thioether (sulfide) groups is 1. The molecule has 0 spiro atoms. The molecule has 1 saturated heterocycles. The number of aryl methyl sites for hydroxylation is 1. The fourth-order valence-electron chi connectivity index (χ4n) is 4.39. The molecule has 2 aliphatic rings. The molecule has 0 saturated carbocycles. The van der Waals surface area contributed by atoms with Crippen LogP contribution in [0.5, 0.6) is 5.88 Å². The van der Waals surface area contributed by atoms with Crippen LogP contribution in [0.3, 0.4) is 0 Å². The zero-order valence-corrected chi connectivity index (χ0v) is 21.9. The van der Waals surface area contributed by atoms with E-state index in [0.29, 0.717) is 23.0 Å². The summed E-state index contributed by atoms with van der Waals surface area (Å²) >= 11 is 1.36. The van der Waals surface area contributed by atoms with Gasteiger partial charge in [-0.1, -0.05) is 11.8 Å². The highest BCUT2D eigenvalue weighted by molar-refractivity contribution is 8.13. The predicted octanol–water partition coefficient (Wildman–Crippen LogP) is 4.07. The summed E-state index contributed by atoms with van der Waals surface area (Å²) in [4.78, 5) is 27.8. The number of benzene rings is 1. The van der Waals surface area contributed by atoms with Crippen molar-refractivity contribution in [1.29, 1.82) is 0 Å². The third-order valence-electron chi connectivity index (χ3n) is 6.05. The largest absolute Gasteiger partial charge is 0.479 e. The average Bonchev–Trinajstić information content (AvgIpc) is 3.19. The Hall–Kier alpha value is -3.15. The Morgan fingerprint density at radius 1 is 1.28 bits per heavy atom. The van der Waals surface area contributed by atoms with Crippen LogP contribution in [0.4, 0.5) is 25.2 Å². The number of anilines is 2. The number of halogens is 2. The summed E-state index contributed by atoms with van der Waals surface area (Å²) in [5, 5.41) is 6.10. The highest BCUT2D eigenvalue weighted by atomic mass is 32.2. The second kappa shape index (κ2) is 9.72. The molecule has 1 fully saturated rings. The quantitative estimate of drug-likeness (QED) is 0.622. The number of methoxy groups -OCH3 is 1. The van der Waals surface area contributed by atoms with E-state index < -0.39 is 28.9 Å². The maximum atomic E-state index is 15.4. The number of nitrogens with one attached hydrogen (secondary N) is 2. The van der Waals surface area contributed by atoms with E-state index in [1.807, 2.05) is 4.90 Å². The number of alkyl carbamates (subject to hydrolysis) is 1. The molecule has 4 rings (SSSR count). The van der Waals surface area contributed by atoms with Gasteiger partial charge in [-0.15, -0.1) is 0 Å². The maximum Gasteiger partial charge on any atom is 0.413 e. The van der Waals surface area contributed by atoms with Gasteiger partial charge in [-0.2, -0.15) is 9.37 Å². The van der Waals surface area contributed by atoms with Gasteiger partial charge in [0.25, 0.3) is 5.88 Å². The molecular weight excluding hydrogens is 490 g/mol. The lowest BCUT2D eigenvalue weighted by Crippen LogP contribution is -2.44. The van der Waals surface area contributed by atoms with Gasteiger partial charge in [0.15, 0.2) is 5.17 Å². The number of aromatic nitrogens is 2. The van der Waals surface area contributed by atoms with Gasteiger partial charge in [0.05, 0.1) is 19.3 Å². The predicted molar refractivity (Wildman–Crippen MR) is 136 cm³/mol. The normalized spacial score (nSPS) is 21.5. The number of fused-ring (bicyclic) bond motifs is 1. The first kappa shape index (κ1) is 25.9. The molecule has 1 aromatic carbocycles. The Kier molecular flexibility index (Phi) is 7.00. The first-order chi connectivity index (χ1) is 17.0. The summed E-state index contributed by atoms with van der Waals surface area (Å²) < 4.78 is 40.2. The number of carbonyl (C=O) groups excluding carboxylic acids is 1. The lowest BCUT2D eigenvalue weighted by Gasteiger charge is -2.36. The highest BCUT2D eigenvalue weighted by Gasteiger charge is 2.52. The number of aliphatic imine (C=N–C) groups is 1. The summed E-state index contributed by atoms with van der Waals surface area (Å²) in [6.45, 7) is 7.52. The van der Waals surface area contributed by atoms with Gasteiger partial charge in [0, 0.05) is 36.5 Å². The summed E-state index contributed by atoms with van der Waals surface area (Å²) in [5.41, 5.74) is -0.474. The van der Waals surface area contributed by atoms with E-state index in [1.165, 1.54) is 31.9 Å². The van der Waals surface area contributed by atoms with Crippen molar-refractivity contribution in [3.8, 4) is 5.88 Å². The molecule has 1 aromatic heterocycles. The Bertz CT molecular complexity index is 1210. The second-order valence-electron chi connectivity index (χ2n) is 9.73. The van der Waals surface area contributed by atoms with E-state index in [9.17, 15) is 9.18 Å². The number of hydrogen-bond donors (Lipinski definition) is 2. The third-order valence-corrected chi connectivity index (χ3v) is 7.09. The molecule has 9 nitrogen and oxygen atoms in total. The smallest absolute Gasteiger partial charge is 0.413 e. The zero-order valence-electron chi connectivity index (χ0n) is 21.1. The van der Waals surface area contributed by atoms with E-state index in [4.69, 9.17) is 14.5 Å². The third kappa shape index (κ3) is 5.04. The van der Waals surface area contributed by atoms with Crippen LogP contribution in [0, 0.1) is 24.5 Å². The van der Waals surface area contributed by atoms with E-state index in [1.54, 1.807) is 40.0 Å². The van der Waals surface area contributed by atoms with Gasteiger partial charge in [-0.3, -0.25) is 5.32 Å². The van der Waals surface area contributed by atoms with E-state index in [0.717, 1.165) is 5.69 Å². The van der Waals surface area contributed by atoms with Gasteiger partial charge in [-0.25, -0.2) is 19.2 Å². The number of ether oxygens (including phenoxy) is 2. The minimum atomic E-state index is -1.05. The van der Waals surface area contributed by atoms with Gasteiger partial charge < -0.3 is 19.7 Å². The maximum absolute atomic E-state index is 15.4. The van der Waals surface area contributed by atoms with E-state index in [-0.39, 0.29) is 30.0 Å². The van der Waals surface area contributed by atoms with E-state index >= 15 is 4.39 Å². The first-order valence-electron chi connectivity index (χ1n) is 11.5. The summed E-state index contributed by atoms with van der Waals surface area (Å²) in [5.74, 6) is -0.527. The molecule has 2 aliphatic heterocycles. The Morgan fingerprint density at radius 3 is 2.69 bits per heavy atom. The van der Waals surface area contributed by atoms with Crippen molar-refractivity contribution in [2.24, 2.45) is 10.9 Å². The van der Waals surface area contributed by atoms with Crippen LogP contribution in [-0.2, 0) is 10.3 Å². The highest BCUT2D eigenvalue weighted by Crippen LogP contribution is 2.47. The number of rotatable bonds is 4. The van der Waals surface area contributed by atoms with Crippen molar-refractivity contribution in [2.75, 3.05) is 43.2 Å². The van der Waals surface area contributed by atoms with Crippen LogP contribution in [-0.4, -0.2) is 59.8 Å². The lowest BCUT2D eigenvalue weighted by molar-refractivity contribution is 0.0564. The molecule has 2 atom stereocenters. The van der Waals surface area contributed by atoms with Crippen LogP contribution < -0.4 is 20.3 Å². The van der Waals surface area contributed by atoms with Crippen LogP contribution in [0.15, 0.2) is 23.2 Å². The molecular formula is C24H30F2N6O3S. The fraction of sp³-hybridized carbons (Fsp3) is 0.500.